The molecule has 0 heterocycles. The van der Waals surface area contributed by atoms with E-state index in [1.54, 1.807) is 0 Å². The maximum Gasteiger partial charge on any atom is 0.411 e. The number of hydrogen-bond acceptors (Lipinski definition) is 2. The molecule has 1 fully saturated rings. The van der Waals surface area contributed by atoms with Gasteiger partial charge in [-0.25, -0.2) is 0 Å². The Hall–Kier alpha value is 0. The Balaban J connectivity index is 2.24. The summed E-state index contributed by atoms with van der Waals surface area (Å²) in [5.41, 5.74) is 0. The van der Waals surface area contributed by atoms with Gasteiger partial charge in [-0.15, -0.1) is 11.6 Å². The minimum Gasteiger partial charge on any atom is -0.371 e. The molecule has 1 saturated carbocycles. The van der Waals surface area contributed by atoms with Crippen LogP contribution in [0, 0.1) is 0 Å². The average molecular weight is 288 g/mol. The maximum atomic E-state index is 11.9. The first kappa shape index (κ1) is 16.1. The topological polar surface area (TPSA) is 12.5 Å². The minimum atomic E-state index is -4.23. The van der Waals surface area contributed by atoms with Gasteiger partial charge in [-0.2, -0.15) is 13.2 Å². The van der Waals surface area contributed by atoms with Crippen LogP contribution in [0.1, 0.15) is 32.1 Å². The van der Waals surface area contributed by atoms with Crippen molar-refractivity contribution in [2.75, 3.05) is 32.2 Å². The zero-order valence-electron chi connectivity index (χ0n) is 10.5. The summed E-state index contributed by atoms with van der Waals surface area (Å²) in [5, 5.41) is 0. The normalized spacial score (nSPS) is 18.5. The lowest BCUT2D eigenvalue weighted by Crippen LogP contribution is -2.40. The fraction of sp³-hybridized carbons (Fsp3) is 1.00. The summed E-state index contributed by atoms with van der Waals surface area (Å²) in [6, 6.07) is 0.465. The Labute approximate surface area is 111 Å². The number of halogens is 4. The molecule has 0 spiro atoms. The van der Waals surface area contributed by atoms with E-state index in [0.29, 0.717) is 18.5 Å². The van der Waals surface area contributed by atoms with Crippen LogP contribution < -0.4 is 0 Å². The fourth-order valence-corrected chi connectivity index (χ4v) is 2.62. The summed E-state index contributed by atoms with van der Waals surface area (Å²) >= 11 is 5.74. The first-order valence-electron chi connectivity index (χ1n) is 6.47. The van der Waals surface area contributed by atoms with Gasteiger partial charge in [0.05, 0.1) is 6.61 Å². The summed E-state index contributed by atoms with van der Waals surface area (Å²) in [5.74, 6) is 0.510. The van der Waals surface area contributed by atoms with E-state index in [0.717, 1.165) is 19.4 Å². The van der Waals surface area contributed by atoms with Crippen molar-refractivity contribution in [1.29, 1.82) is 0 Å². The molecule has 0 atom stereocenters. The molecule has 6 heteroatoms. The molecule has 18 heavy (non-hydrogen) atoms. The smallest absolute Gasteiger partial charge is 0.371 e. The molecule has 0 aromatic heterocycles. The number of hydrogen-bond donors (Lipinski definition) is 0. The third-order valence-electron chi connectivity index (χ3n) is 3.25. The van der Waals surface area contributed by atoms with Gasteiger partial charge in [0.1, 0.15) is 6.61 Å². The first-order chi connectivity index (χ1) is 8.53. The maximum absolute atomic E-state index is 11.9. The zero-order chi connectivity index (χ0) is 13.4. The summed E-state index contributed by atoms with van der Waals surface area (Å²) in [7, 11) is 0. The third kappa shape index (κ3) is 6.81. The van der Waals surface area contributed by atoms with Gasteiger partial charge in [0, 0.05) is 25.0 Å². The van der Waals surface area contributed by atoms with Gasteiger partial charge in [-0.05, 0) is 12.8 Å². The fourth-order valence-electron chi connectivity index (χ4n) is 2.40. The lowest BCUT2D eigenvalue weighted by Gasteiger charge is -2.33. The van der Waals surface area contributed by atoms with Crippen molar-refractivity contribution < 1.29 is 17.9 Å². The summed E-state index contributed by atoms with van der Waals surface area (Å²) in [6.07, 6.45) is 1.67. The highest BCUT2D eigenvalue weighted by Crippen LogP contribution is 2.22. The number of nitrogens with zero attached hydrogens (tertiary/aromatic N) is 1. The minimum absolute atomic E-state index is 0.118. The van der Waals surface area contributed by atoms with Gasteiger partial charge >= 0.3 is 6.18 Å². The molecule has 1 rings (SSSR count). The van der Waals surface area contributed by atoms with Gasteiger partial charge in [-0.1, -0.05) is 19.3 Å². The molecular formula is C12H21ClF3NO. The van der Waals surface area contributed by atoms with E-state index >= 15 is 0 Å². The highest BCUT2D eigenvalue weighted by Gasteiger charge is 2.27. The van der Waals surface area contributed by atoms with Crippen molar-refractivity contribution in [1.82, 2.24) is 4.90 Å². The van der Waals surface area contributed by atoms with Gasteiger partial charge in [0.15, 0.2) is 0 Å². The number of ether oxygens (including phenoxy) is 1. The predicted octanol–water partition coefficient (Wildman–Crippen LogP) is 3.44. The standard InChI is InChI=1S/C12H21ClF3NO/c13-6-7-17(11-4-2-1-3-5-11)8-9-18-10-12(14,15)16/h11H,1-10H2. The van der Waals surface area contributed by atoms with Crippen LogP contribution in [0.2, 0.25) is 0 Å². The van der Waals surface area contributed by atoms with Crippen molar-refractivity contribution in [2.24, 2.45) is 0 Å². The Morgan fingerprint density at radius 2 is 1.78 bits per heavy atom. The van der Waals surface area contributed by atoms with Gasteiger partial charge in [0.2, 0.25) is 0 Å². The Kier molecular flexibility index (Phi) is 7.34. The lowest BCUT2D eigenvalue weighted by molar-refractivity contribution is -0.174. The second-order valence-electron chi connectivity index (χ2n) is 4.68. The molecule has 0 bridgehead atoms. The van der Waals surface area contributed by atoms with Crippen LogP contribution in [0.5, 0.6) is 0 Å². The van der Waals surface area contributed by atoms with Gasteiger partial charge in [0.25, 0.3) is 0 Å². The van der Waals surface area contributed by atoms with E-state index in [1.165, 1.54) is 19.3 Å². The van der Waals surface area contributed by atoms with Crippen LogP contribution >= 0.6 is 11.6 Å². The molecule has 0 unspecified atom stereocenters. The predicted molar refractivity (Wildman–Crippen MR) is 66.0 cm³/mol. The van der Waals surface area contributed by atoms with Crippen LogP contribution in [-0.2, 0) is 4.74 Å². The first-order valence-corrected chi connectivity index (χ1v) is 7.01. The monoisotopic (exact) mass is 287 g/mol. The Morgan fingerprint density at radius 1 is 1.11 bits per heavy atom. The molecule has 0 N–H and O–H groups in total. The lowest BCUT2D eigenvalue weighted by atomic mass is 9.94. The molecule has 2 nitrogen and oxygen atoms in total. The van der Waals surface area contributed by atoms with E-state index in [1.807, 2.05) is 0 Å². The van der Waals surface area contributed by atoms with E-state index in [2.05, 4.69) is 9.64 Å². The molecule has 0 saturated heterocycles. The Morgan fingerprint density at radius 3 is 2.33 bits per heavy atom. The van der Waals surface area contributed by atoms with Crippen molar-refractivity contribution in [3.63, 3.8) is 0 Å². The third-order valence-corrected chi connectivity index (χ3v) is 3.42. The van der Waals surface area contributed by atoms with Crippen molar-refractivity contribution in [2.45, 2.75) is 44.3 Å². The summed E-state index contributed by atoms with van der Waals surface area (Å²) in [4.78, 5) is 2.17. The van der Waals surface area contributed by atoms with Crippen LogP contribution in [0.4, 0.5) is 13.2 Å². The molecular weight excluding hydrogens is 267 g/mol. The molecule has 108 valence electrons. The molecule has 1 aliphatic rings. The van der Waals surface area contributed by atoms with E-state index in [-0.39, 0.29) is 6.61 Å². The molecule has 0 radical (unpaired) electrons. The zero-order valence-corrected chi connectivity index (χ0v) is 11.3. The SMILES string of the molecule is FC(F)(F)COCCN(CCCl)C1CCCCC1. The summed E-state index contributed by atoms with van der Waals surface area (Å²) < 4.78 is 40.4. The highest BCUT2D eigenvalue weighted by atomic mass is 35.5. The van der Waals surface area contributed by atoms with Crippen LogP contribution in [0.25, 0.3) is 0 Å². The average Bonchev–Trinajstić information content (AvgIpc) is 2.33. The Bertz CT molecular complexity index is 220. The second-order valence-corrected chi connectivity index (χ2v) is 5.06. The molecule has 0 aromatic rings. The van der Waals surface area contributed by atoms with Crippen LogP contribution in [0.3, 0.4) is 0 Å². The number of rotatable bonds is 7. The summed E-state index contributed by atoms with van der Waals surface area (Å²) in [6.45, 7) is 0.217. The van der Waals surface area contributed by atoms with E-state index in [4.69, 9.17) is 11.6 Å². The largest absolute Gasteiger partial charge is 0.411 e. The number of alkyl halides is 4. The van der Waals surface area contributed by atoms with E-state index in [9.17, 15) is 13.2 Å². The molecule has 1 aliphatic carbocycles. The highest BCUT2D eigenvalue weighted by molar-refractivity contribution is 6.18. The quantitative estimate of drug-likeness (QED) is 0.525. The van der Waals surface area contributed by atoms with Crippen molar-refractivity contribution in [3.05, 3.63) is 0 Å². The van der Waals surface area contributed by atoms with Crippen LogP contribution in [0.15, 0.2) is 0 Å². The van der Waals surface area contributed by atoms with Crippen molar-refractivity contribution >= 4 is 11.6 Å². The van der Waals surface area contributed by atoms with Crippen LogP contribution in [-0.4, -0.2) is 49.3 Å². The van der Waals surface area contributed by atoms with Gasteiger partial charge < -0.3 is 4.74 Å². The van der Waals surface area contributed by atoms with E-state index < -0.39 is 12.8 Å². The van der Waals surface area contributed by atoms with Crippen molar-refractivity contribution in [3.8, 4) is 0 Å². The second kappa shape index (κ2) is 8.23. The molecule has 0 aromatic carbocycles. The van der Waals surface area contributed by atoms with Gasteiger partial charge in [-0.3, -0.25) is 4.90 Å². The molecule has 0 amide bonds. The molecule has 0 aliphatic heterocycles.